The molecule has 1 rings (SSSR count). The quantitative estimate of drug-likeness (QED) is 0.0923. The first kappa shape index (κ1) is 29.6. The topological polar surface area (TPSA) is 218 Å². The van der Waals surface area contributed by atoms with Gasteiger partial charge in [0.25, 0.3) is 0 Å². The number of unbranched alkanes of at least 4 members (excludes halogenated alkanes) is 5. The highest BCUT2D eigenvalue weighted by Gasteiger charge is 2.46. The van der Waals surface area contributed by atoms with E-state index in [-0.39, 0.29) is 6.54 Å². The maximum absolute atomic E-state index is 10.5. The van der Waals surface area contributed by atoms with E-state index in [1.165, 1.54) is 0 Å². The zero-order valence-electron chi connectivity index (χ0n) is 18.4. The van der Waals surface area contributed by atoms with Crippen LogP contribution in [0.5, 0.6) is 0 Å². The smallest absolute Gasteiger partial charge is 0.187 e. The number of ether oxygens (including phenoxy) is 2. The number of aliphatic hydroxyl groups is 8. The molecule has 1 heterocycles. The molecule has 0 unspecified atom stereocenters. The van der Waals surface area contributed by atoms with E-state index < -0.39 is 68.3 Å². The minimum atomic E-state index is -1.76. The molecule has 192 valence electrons. The van der Waals surface area contributed by atoms with Gasteiger partial charge in [0, 0.05) is 6.54 Å². The lowest BCUT2D eigenvalue weighted by atomic mass is 9.98. The first-order valence-electron chi connectivity index (χ1n) is 11.3. The van der Waals surface area contributed by atoms with Crippen molar-refractivity contribution in [3.05, 3.63) is 0 Å². The average Bonchev–Trinajstić information content (AvgIpc) is 2.80. The van der Waals surface area contributed by atoms with Crippen LogP contribution in [0.2, 0.25) is 0 Å². The molecule has 9 atom stereocenters. The van der Waals surface area contributed by atoms with Gasteiger partial charge in [0.05, 0.1) is 19.3 Å². The summed E-state index contributed by atoms with van der Waals surface area (Å²) < 4.78 is 10.6. The van der Waals surface area contributed by atoms with E-state index in [4.69, 9.17) is 15.2 Å². The van der Waals surface area contributed by atoms with Gasteiger partial charge in [-0.15, -0.1) is 0 Å². The second kappa shape index (κ2) is 16.2. The Morgan fingerprint density at radius 2 is 1.47 bits per heavy atom. The normalized spacial score (nSPS) is 30.1. The summed E-state index contributed by atoms with van der Waals surface area (Å²) in [5, 5.41) is 82.1. The number of hydrogen-bond donors (Lipinski definition) is 10. The molecule has 0 spiro atoms. The molecule has 32 heavy (non-hydrogen) atoms. The molecule has 0 radical (unpaired) electrons. The molecule has 11 N–H and O–H groups in total. The summed E-state index contributed by atoms with van der Waals surface area (Å²) in [7, 11) is 0. The molecule has 12 nitrogen and oxygen atoms in total. The van der Waals surface area contributed by atoms with E-state index in [0.29, 0.717) is 13.1 Å². The Labute approximate surface area is 188 Å². The van der Waals surface area contributed by atoms with Crippen LogP contribution in [0.4, 0.5) is 0 Å². The van der Waals surface area contributed by atoms with Crippen molar-refractivity contribution in [2.75, 3.05) is 32.8 Å². The molecular weight excluding hydrogens is 428 g/mol. The van der Waals surface area contributed by atoms with E-state index >= 15 is 0 Å². The van der Waals surface area contributed by atoms with Crippen molar-refractivity contribution in [1.82, 2.24) is 5.32 Å². The predicted octanol–water partition coefficient (Wildman–Crippen LogP) is -3.86. The molecule has 1 fully saturated rings. The van der Waals surface area contributed by atoms with E-state index in [0.717, 1.165) is 38.5 Å². The van der Waals surface area contributed by atoms with Gasteiger partial charge in [-0.1, -0.05) is 25.7 Å². The molecule has 1 saturated heterocycles. The van der Waals surface area contributed by atoms with Crippen LogP contribution in [-0.2, 0) is 9.47 Å². The molecule has 0 aromatic heterocycles. The highest BCUT2D eigenvalue weighted by Crippen LogP contribution is 2.25. The van der Waals surface area contributed by atoms with Gasteiger partial charge in [-0.3, -0.25) is 0 Å². The van der Waals surface area contributed by atoms with Crippen LogP contribution in [0.25, 0.3) is 0 Å². The van der Waals surface area contributed by atoms with Gasteiger partial charge in [0.15, 0.2) is 6.29 Å². The Morgan fingerprint density at radius 1 is 0.844 bits per heavy atom. The molecule has 1 aliphatic heterocycles. The monoisotopic (exact) mass is 470 g/mol. The van der Waals surface area contributed by atoms with E-state index in [9.17, 15) is 40.9 Å². The van der Waals surface area contributed by atoms with Crippen molar-refractivity contribution in [2.24, 2.45) is 5.73 Å². The highest BCUT2D eigenvalue weighted by atomic mass is 16.7. The number of rotatable bonds is 17. The molecule has 0 bridgehead atoms. The van der Waals surface area contributed by atoms with Crippen molar-refractivity contribution >= 4 is 0 Å². The van der Waals surface area contributed by atoms with Gasteiger partial charge >= 0.3 is 0 Å². The second-order valence-electron chi connectivity index (χ2n) is 8.22. The SMILES string of the molecule is NCCCCCCCCNC[C@H](O)[C@@H](O)[C@H](O[C@@H]1O[C@H](CO)[C@H](O)[C@H](O)[C@H]1O)[C@H](O)CO. The maximum atomic E-state index is 10.5. The number of nitrogens with two attached hydrogens (primary N) is 1. The van der Waals surface area contributed by atoms with E-state index in [1.54, 1.807) is 0 Å². The van der Waals surface area contributed by atoms with Gasteiger partial charge in [0.2, 0.25) is 0 Å². The van der Waals surface area contributed by atoms with Crippen LogP contribution in [0, 0.1) is 0 Å². The first-order valence-corrected chi connectivity index (χ1v) is 11.3. The molecule has 0 aliphatic carbocycles. The van der Waals surface area contributed by atoms with Gasteiger partial charge in [0.1, 0.15) is 42.7 Å². The molecule has 0 aromatic carbocycles. The second-order valence-corrected chi connectivity index (χ2v) is 8.22. The number of aliphatic hydroxyl groups excluding tert-OH is 8. The largest absolute Gasteiger partial charge is 0.394 e. The predicted molar refractivity (Wildman–Crippen MR) is 113 cm³/mol. The lowest BCUT2D eigenvalue weighted by Gasteiger charge is -2.42. The fraction of sp³-hybridized carbons (Fsp3) is 1.00. The van der Waals surface area contributed by atoms with Crippen molar-refractivity contribution < 1.29 is 50.3 Å². The Bertz CT molecular complexity index is 476. The standard InChI is InChI=1S/C20H42N2O10/c21-7-5-3-1-2-4-6-8-22-9-12(25)15(27)19(13(26)10-23)32-20-18(30)17(29)16(28)14(11-24)31-20/h12-20,22-30H,1-11,21H2/t12-,13+,14+,15+,16-,17-,18+,19+,20-/m0/s1. The van der Waals surface area contributed by atoms with Gasteiger partial charge in [-0.05, 0) is 25.9 Å². The van der Waals surface area contributed by atoms with Crippen LogP contribution >= 0.6 is 0 Å². The molecule has 12 heteroatoms. The Morgan fingerprint density at radius 3 is 2.06 bits per heavy atom. The highest BCUT2D eigenvalue weighted by molar-refractivity contribution is 4.91. The fourth-order valence-electron chi connectivity index (χ4n) is 3.53. The van der Waals surface area contributed by atoms with Crippen molar-refractivity contribution in [2.45, 2.75) is 93.6 Å². The van der Waals surface area contributed by atoms with E-state index in [1.807, 2.05) is 0 Å². The first-order chi connectivity index (χ1) is 15.3. The van der Waals surface area contributed by atoms with Crippen LogP contribution in [-0.4, -0.2) is 129 Å². The van der Waals surface area contributed by atoms with Gasteiger partial charge in [-0.2, -0.15) is 0 Å². The summed E-state index contributed by atoms with van der Waals surface area (Å²) in [4.78, 5) is 0. The van der Waals surface area contributed by atoms with Crippen LogP contribution in [0.15, 0.2) is 0 Å². The molecule has 0 amide bonds. The van der Waals surface area contributed by atoms with E-state index in [2.05, 4.69) is 5.32 Å². The third-order valence-corrected chi connectivity index (χ3v) is 5.60. The van der Waals surface area contributed by atoms with Crippen molar-refractivity contribution in [3.8, 4) is 0 Å². The Hall–Kier alpha value is -0.480. The number of hydrogen-bond acceptors (Lipinski definition) is 12. The van der Waals surface area contributed by atoms with Crippen molar-refractivity contribution in [3.63, 3.8) is 0 Å². The summed E-state index contributed by atoms with van der Waals surface area (Å²) in [5.74, 6) is 0. The molecule has 1 aliphatic rings. The summed E-state index contributed by atoms with van der Waals surface area (Å²) in [5.41, 5.74) is 5.45. The molecule has 0 saturated carbocycles. The Kier molecular flexibility index (Phi) is 15.0. The maximum Gasteiger partial charge on any atom is 0.187 e. The molecular formula is C20H42N2O10. The molecule has 0 aromatic rings. The zero-order valence-corrected chi connectivity index (χ0v) is 18.4. The third-order valence-electron chi connectivity index (χ3n) is 5.60. The minimum Gasteiger partial charge on any atom is -0.394 e. The summed E-state index contributed by atoms with van der Waals surface area (Å²) in [6.45, 7) is -0.195. The summed E-state index contributed by atoms with van der Waals surface area (Å²) in [6, 6.07) is 0. The fourth-order valence-corrected chi connectivity index (χ4v) is 3.53. The number of nitrogens with one attached hydrogen (secondary N) is 1. The summed E-state index contributed by atoms with van der Waals surface area (Å²) in [6.07, 6.45) is -7.98. The van der Waals surface area contributed by atoms with Gasteiger partial charge < -0.3 is 61.4 Å². The summed E-state index contributed by atoms with van der Waals surface area (Å²) >= 11 is 0. The lowest BCUT2D eigenvalue weighted by molar-refractivity contribution is -0.327. The lowest BCUT2D eigenvalue weighted by Crippen LogP contribution is -2.61. The minimum absolute atomic E-state index is 0.0129. The third kappa shape index (κ3) is 9.41. The van der Waals surface area contributed by atoms with Crippen LogP contribution in [0.3, 0.4) is 0 Å². The van der Waals surface area contributed by atoms with Crippen molar-refractivity contribution in [1.29, 1.82) is 0 Å². The van der Waals surface area contributed by atoms with Gasteiger partial charge in [-0.25, -0.2) is 0 Å². The van der Waals surface area contributed by atoms with Crippen LogP contribution in [0.1, 0.15) is 38.5 Å². The Balaban J connectivity index is 2.52. The van der Waals surface area contributed by atoms with Crippen LogP contribution < -0.4 is 11.1 Å². The average molecular weight is 471 g/mol. The zero-order chi connectivity index (χ0) is 24.1.